The summed E-state index contributed by atoms with van der Waals surface area (Å²) in [6, 6.07) is 12.5. The van der Waals surface area contributed by atoms with E-state index in [9.17, 15) is 9.18 Å². The minimum atomic E-state index is -0.310. The topological polar surface area (TPSA) is 41.1 Å². The van der Waals surface area contributed by atoms with Crippen molar-refractivity contribution in [3.05, 3.63) is 65.0 Å². The number of hydrogen-bond donors (Lipinski definition) is 2. The van der Waals surface area contributed by atoms with Crippen molar-refractivity contribution in [2.75, 3.05) is 5.32 Å². The van der Waals surface area contributed by atoms with Crippen molar-refractivity contribution in [1.82, 2.24) is 5.32 Å². The predicted octanol–water partition coefficient (Wildman–Crippen LogP) is 2.79. The number of hydrogen-bond acceptors (Lipinski definition) is 2. The zero-order valence-electron chi connectivity index (χ0n) is 11.8. The first-order chi connectivity index (χ1) is 10.1. The van der Waals surface area contributed by atoms with Crippen molar-refractivity contribution in [2.45, 2.75) is 25.9 Å². The maximum atomic E-state index is 13.5. The molecule has 1 amide bonds. The number of rotatable bonds is 2. The Hall–Kier alpha value is -2.20. The molecule has 0 bridgehead atoms. The van der Waals surface area contributed by atoms with E-state index in [1.165, 1.54) is 17.2 Å². The van der Waals surface area contributed by atoms with E-state index in [4.69, 9.17) is 0 Å². The van der Waals surface area contributed by atoms with Gasteiger partial charge in [0.25, 0.3) is 0 Å². The number of benzene rings is 2. The van der Waals surface area contributed by atoms with Gasteiger partial charge in [0.05, 0.1) is 6.04 Å². The van der Waals surface area contributed by atoms with Gasteiger partial charge in [0.15, 0.2) is 0 Å². The molecule has 0 saturated heterocycles. The fourth-order valence-electron chi connectivity index (χ4n) is 2.60. The summed E-state index contributed by atoms with van der Waals surface area (Å²) >= 11 is 0. The highest BCUT2D eigenvalue weighted by Gasteiger charge is 2.24. The number of nitrogens with one attached hydrogen (secondary N) is 2. The van der Waals surface area contributed by atoms with Gasteiger partial charge in [0.1, 0.15) is 5.82 Å². The third-order valence-corrected chi connectivity index (χ3v) is 3.92. The highest BCUT2D eigenvalue weighted by atomic mass is 19.1. The number of anilines is 1. The minimum Gasteiger partial charge on any atom is -0.324 e. The van der Waals surface area contributed by atoms with Crippen molar-refractivity contribution >= 4 is 11.6 Å². The van der Waals surface area contributed by atoms with E-state index < -0.39 is 0 Å². The fourth-order valence-corrected chi connectivity index (χ4v) is 2.60. The summed E-state index contributed by atoms with van der Waals surface area (Å²) in [6.07, 6.45) is 0.649. The van der Waals surface area contributed by atoms with Crippen LogP contribution in [0.15, 0.2) is 42.5 Å². The van der Waals surface area contributed by atoms with Crippen LogP contribution in [-0.2, 0) is 17.8 Å². The highest BCUT2D eigenvalue weighted by Crippen LogP contribution is 2.20. The molecule has 0 fully saturated rings. The molecule has 21 heavy (non-hydrogen) atoms. The predicted molar refractivity (Wildman–Crippen MR) is 80.5 cm³/mol. The Morgan fingerprint density at radius 2 is 1.95 bits per heavy atom. The summed E-state index contributed by atoms with van der Waals surface area (Å²) in [5, 5.41) is 6.03. The van der Waals surface area contributed by atoms with Gasteiger partial charge in [0.2, 0.25) is 5.91 Å². The van der Waals surface area contributed by atoms with Crippen molar-refractivity contribution in [2.24, 2.45) is 0 Å². The summed E-state index contributed by atoms with van der Waals surface area (Å²) in [5.41, 5.74) is 3.40. The molecular weight excluding hydrogens is 267 g/mol. The molecule has 0 saturated carbocycles. The SMILES string of the molecule is Cc1c(F)cccc1NC(=O)[C@H]1Cc2ccccc2CN1. The number of carbonyl (C=O) groups is 1. The van der Waals surface area contributed by atoms with Crippen LogP contribution < -0.4 is 10.6 Å². The van der Waals surface area contributed by atoms with Gasteiger partial charge in [0, 0.05) is 17.8 Å². The van der Waals surface area contributed by atoms with Gasteiger partial charge < -0.3 is 10.6 Å². The van der Waals surface area contributed by atoms with Crippen LogP contribution in [0.5, 0.6) is 0 Å². The summed E-state index contributed by atoms with van der Waals surface area (Å²) < 4.78 is 13.5. The number of amides is 1. The highest BCUT2D eigenvalue weighted by molar-refractivity contribution is 5.95. The molecule has 108 valence electrons. The standard InChI is InChI=1S/C17H17FN2O/c1-11-14(18)7-4-8-15(11)20-17(21)16-9-12-5-2-3-6-13(12)10-19-16/h2-8,16,19H,9-10H2,1H3,(H,20,21)/t16-/m1/s1. The number of halogens is 1. The molecule has 4 heteroatoms. The lowest BCUT2D eigenvalue weighted by Gasteiger charge is -2.25. The van der Waals surface area contributed by atoms with Crippen molar-refractivity contribution < 1.29 is 9.18 Å². The zero-order chi connectivity index (χ0) is 14.8. The largest absolute Gasteiger partial charge is 0.324 e. The molecule has 3 nitrogen and oxygen atoms in total. The van der Waals surface area contributed by atoms with Gasteiger partial charge in [-0.05, 0) is 36.6 Å². The van der Waals surface area contributed by atoms with Gasteiger partial charge in [-0.3, -0.25) is 4.79 Å². The smallest absolute Gasteiger partial charge is 0.241 e. The van der Waals surface area contributed by atoms with Crippen LogP contribution in [-0.4, -0.2) is 11.9 Å². The molecule has 1 aliphatic heterocycles. The van der Waals surface area contributed by atoms with Crippen LogP contribution in [0.2, 0.25) is 0 Å². The lowest BCUT2D eigenvalue weighted by atomic mass is 9.95. The Kier molecular flexibility index (Phi) is 3.71. The Balaban J connectivity index is 1.74. The van der Waals surface area contributed by atoms with Crippen LogP contribution in [0.3, 0.4) is 0 Å². The van der Waals surface area contributed by atoms with E-state index in [2.05, 4.69) is 16.7 Å². The summed E-state index contributed by atoms with van der Waals surface area (Å²) in [6.45, 7) is 2.34. The van der Waals surface area contributed by atoms with Crippen molar-refractivity contribution in [1.29, 1.82) is 0 Å². The molecule has 0 radical (unpaired) electrons. The van der Waals surface area contributed by atoms with Crippen molar-refractivity contribution in [3.8, 4) is 0 Å². The maximum absolute atomic E-state index is 13.5. The van der Waals surface area contributed by atoms with E-state index in [-0.39, 0.29) is 17.8 Å². The van der Waals surface area contributed by atoms with Gasteiger partial charge in [-0.25, -0.2) is 4.39 Å². The molecular formula is C17H17FN2O. The van der Waals surface area contributed by atoms with Crippen LogP contribution in [0.4, 0.5) is 10.1 Å². The Labute approximate surface area is 123 Å². The third-order valence-electron chi connectivity index (χ3n) is 3.92. The van der Waals surface area contributed by atoms with Crippen LogP contribution >= 0.6 is 0 Å². The van der Waals surface area contributed by atoms with Crippen LogP contribution in [0, 0.1) is 12.7 Å². The molecule has 2 aromatic rings. The average molecular weight is 284 g/mol. The average Bonchev–Trinajstić information content (AvgIpc) is 2.51. The van der Waals surface area contributed by atoms with Crippen molar-refractivity contribution in [3.63, 3.8) is 0 Å². The third kappa shape index (κ3) is 2.81. The first kappa shape index (κ1) is 13.8. The minimum absolute atomic E-state index is 0.127. The summed E-state index contributed by atoms with van der Waals surface area (Å²) in [4.78, 5) is 12.3. The van der Waals surface area contributed by atoms with Gasteiger partial charge in [-0.2, -0.15) is 0 Å². The monoisotopic (exact) mass is 284 g/mol. The second-order valence-corrected chi connectivity index (χ2v) is 5.31. The van der Waals surface area contributed by atoms with Gasteiger partial charge in [-0.1, -0.05) is 30.3 Å². The Morgan fingerprint density at radius 3 is 2.76 bits per heavy atom. The first-order valence-electron chi connectivity index (χ1n) is 7.01. The zero-order valence-corrected chi connectivity index (χ0v) is 11.8. The molecule has 2 aromatic carbocycles. The second-order valence-electron chi connectivity index (χ2n) is 5.31. The molecule has 1 atom stereocenters. The van der Waals surface area contributed by atoms with Crippen LogP contribution in [0.25, 0.3) is 0 Å². The molecule has 0 spiro atoms. The van der Waals surface area contributed by atoms with Gasteiger partial charge in [-0.15, -0.1) is 0 Å². The molecule has 0 unspecified atom stereocenters. The van der Waals surface area contributed by atoms with E-state index >= 15 is 0 Å². The number of fused-ring (bicyclic) bond motifs is 1. The molecule has 1 aliphatic rings. The van der Waals surface area contributed by atoms with E-state index in [0.717, 1.165) is 0 Å². The maximum Gasteiger partial charge on any atom is 0.241 e. The molecule has 1 heterocycles. The van der Waals surface area contributed by atoms with E-state index in [0.29, 0.717) is 24.2 Å². The quantitative estimate of drug-likeness (QED) is 0.890. The lowest BCUT2D eigenvalue weighted by Crippen LogP contribution is -2.44. The van der Waals surface area contributed by atoms with E-state index in [1.54, 1.807) is 19.1 Å². The normalized spacial score (nSPS) is 17.1. The van der Waals surface area contributed by atoms with Gasteiger partial charge >= 0.3 is 0 Å². The van der Waals surface area contributed by atoms with Crippen LogP contribution in [0.1, 0.15) is 16.7 Å². The summed E-state index contributed by atoms with van der Waals surface area (Å²) in [7, 11) is 0. The Bertz CT molecular complexity index is 684. The number of carbonyl (C=O) groups excluding carboxylic acids is 1. The fraction of sp³-hybridized carbons (Fsp3) is 0.235. The summed E-state index contributed by atoms with van der Waals surface area (Å²) in [5.74, 6) is -0.437. The molecule has 0 aromatic heterocycles. The molecule has 0 aliphatic carbocycles. The molecule has 3 rings (SSSR count). The second kappa shape index (κ2) is 5.66. The Morgan fingerprint density at radius 1 is 1.19 bits per heavy atom. The first-order valence-corrected chi connectivity index (χ1v) is 7.01. The molecule has 2 N–H and O–H groups in total. The lowest BCUT2D eigenvalue weighted by molar-refractivity contribution is -0.118. The van der Waals surface area contributed by atoms with E-state index in [1.807, 2.05) is 18.2 Å².